The van der Waals surface area contributed by atoms with Crippen LogP contribution < -0.4 is 9.64 Å². The zero-order valence-electron chi connectivity index (χ0n) is 15.6. The largest absolute Gasteiger partial charge is 0.425 e. The molecular formula is C23H15ClN4O2. The summed E-state index contributed by atoms with van der Waals surface area (Å²) in [5.74, 6) is 0.311. The van der Waals surface area contributed by atoms with Gasteiger partial charge in [0.15, 0.2) is 0 Å². The van der Waals surface area contributed by atoms with Crippen molar-refractivity contribution in [1.82, 2.24) is 9.97 Å². The first kappa shape index (κ1) is 18.1. The van der Waals surface area contributed by atoms with E-state index < -0.39 is 0 Å². The Morgan fingerprint density at radius 3 is 2.53 bits per heavy atom. The first-order valence-corrected chi connectivity index (χ1v) is 9.62. The van der Waals surface area contributed by atoms with Gasteiger partial charge in [-0.05, 0) is 36.4 Å². The lowest BCUT2D eigenvalue weighted by Crippen LogP contribution is -2.35. The first-order chi connectivity index (χ1) is 14.7. The first-order valence-electron chi connectivity index (χ1n) is 9.24. The third-order valence-electron chi connectivity index (χ3n) is 4.62. The summed E-state index contributed by atoms with van der Waals surface area (Å²) < 4.78 is 5.94. The van der Waals surface area contributed by atoms with Gasteiger partial charge in [-0.1, -0.05) is 48.0 Å². The molecule has 0 saturated heterocycles. The molecule has 146 valence electrons. The number of hydrogen-bond acceptors (Lipinski definition) is 4. The van der Waals surface area contributed by atoms with Crippen molar-refractivity contribution in [2.45, 2.75) is 0 Å². The van der Waals surface area contributed by atoms with Crippen LogP contribution in [0.25, 0.3) is 17.1 Å². The molecule has 0 fully saturated rings. The summed E-state index contributed by atoms with van der Waals surface area (Å²) in [6.45, 7) is 0. The van der Waals surface area contributed by atoms with Crippen LogP contribution in [-0.4, -0.2) is 21.9 Å². The minimum Gasteiger partial charge on any atom is -0.425 e. The molecule has 0 aliphatic carbocycles. The van der Waals surface area contributed by atoms with Gasteiger partial charge in [-0.15, -0.1) is 0 Å². The van der Waals surface area contributed by atoms with Gasteiger partial charge < -0.3 is 9.72 Å². The van der Waals surface area contributed by atoms with Gasteiger partial charge in [0, 0.05) is 23.3 Å². The highest BCUT2D eigenvalue weighted by atomic mass is 35.5. The molecule has 1 N–H and O–H groups in total. The number of ether oxygens (including phenoxy) is 1. The van der Waals surface area contributed by atoms with Gasteiger partial charge in [-0.3, -0.25) is 4.79 Å². The summed E-state index contributed by atoms with van der Waals surface area (Å²) in [6, 6.07) is 20.5. The SMILES string of the molecule is O=C1C(=Cc2c[nH]c3ncc(Cl)cc23)N=C(Oc2ccccc2)N1c1ccccc1. The fourth-order valence-corrected chi connectivity index (χ4v) is 3.39. The molecule has 0 unspecified atom stereocenters. The summed E-state index contributed by atoms with van der Waals surface area (Å²) in [4.78, 5) is 26.5. The second-order valence-corrected chi connectivity index (χ2v) is 7.05. The lowest BCUT2D eigenvalue weighted by atomic mass is 10.2. The number of rotatable bonds is 3. The van der Waals surface area contributed by atoms with Gasteiger partial charge in [0.05, 0.1) is 10.7 Å². The van der Waals surface area contributed by atoms with E-state index in [1.165, 1.54) is 4.90 Å². The zero-order chi connectivity index (χ0) is 20.5. The molecule has 4 aromatic rings. The molecule has 2 aromatic heterocycles. The number of anilines is 1. The van der Waals surface area contributed by atoms with Crippen molar-refractivity contribution < 1.29 is 9.53 Å². The molecule has 1 amide bonds. The van der Waals surface area contributed by atoms with E-state index in [9.17, 15) is 4.79 Å². The van der Waals surface area contributed by atoms with Crippen LogP contribution in [-0.2, 0) is 4.79 Å². The number of aromatic nitrogens is 2. The summed E-state index contributed by atoms with van der Waals surface area (Å²) in [5.41, 5.74) is 2.37. The molecule has 0 radical (unpaired) electrons. The molecule has 2 aromatic carbocycles. The molecule has 6 nitrogen and oxygen atoms in total. The molecule has 5 rings (SSSR count). The Labute approximate surface area is 177 Å². The number of carbonyl (C=O) groups is 1. The number of benzene rings is 2. The van der Waals surface area contributed by atoms with Crippen molar-refractivity contribution in [3.8, 4) is 5.75 Å². The van der Waals surface area contributed by atoms with E-state index in [-0.39, 0.29) is 17.6 Å². The number of para-hydroxylation sites is 2. The van der Waals surface area contributed by atoms with E-state index in [1.54, 1.807) is 24.5 Å². The maximum absolute atomic E-state index is 13.2. The monoisotopic (exact) mass is 414 g/mol. The van der Waals surface area contributed by atoms with Crippen molar-refractivity contribution in [1.29, 1.82) is 0 Å². The quantitative estimate of drug-likeness (QED) is 0.477. The Kier molecular flexibility index (Phi) is 4.53. The summed E-state index contributed by atoms with van der Waals surface area (Å²) in [6.07, 6.45) is 5.04. The maximum Gasteiger partial charge on any atom is 0.310 e. The van der Waals surface area contributed by atoms with Crippen molar-refractivity contribution in [3.05, 3.63) is 95.4 Å². The highest BCUT2D eigenvalue weighted by Crippen LogP contribution is 2.28. The number of aromatic amines is 1. The topological polar surface area (TPSA) is 70.6 Å². The van der Waals surface area contributed by atoms with Crippen molar-refractivity contribution >= 4 is 46.3 Å². The Morgan fingerprint density at radius 1 is 1.03 bits per heavy atom. The zero-order valence-corrected chi connectivity index (χ0v) is 16.4. The van der Waals surface area contributed by atoms with E-state index in [0.29, 0.717) is 22.1 Å². The number of H-pyrrole nitrogens is 1. The Hall–Kier alpha value is -3.90. The highest BCUT2D eigenvalue weighted by Gasteiger charge is 2.33. The number of fused-ring (bicyclic) bond motifs is 1. The Morgan fingerprint density at radius 2 is 1.77 bits per heavy atom. The number of aliphatic imine (C=N–C) groups is 1. The van der Waals surface area contributed by atoms with Crippen molar-refractivity contribution in [2.24, 2.45) is 4.99 Å². The van der Waals surface area contributed by atoms with Gasteiger partial charge in [-0.25, -0.2) is 9.88 Å². The van der Waals surface area contributed by atoms with Crippen LogP contribution in [0.4, 0.5) is 5.69 Å². The van der Waals surface area contributed by atoms with E-state index >= 15 is 0 Å². The smallest absolute Gasteiger partial charge is 0.310 e. The minimum atomic E-state index is -0.281. The van der Waals surface area contributed by atoms with E-state index in [4.69, 9.17) is 16.3 Å². The summed E-state index contributed by atoms with van der Waals surface area (Å²) in [5, 5.41) is 1.32. The van der Waals surface area contributed by atoms with Gasteiger partial charge >= 0.3 is 6.02 Å². The molecule has 0 spiro atoms. The van der Waals surface area contributed by atoms with Crippen molar-refractivity contribution in [3.63, 3.8) is 0 Å². The third-order valence-corrected chi connectivity index (χ3v) is 4.82. The second-order valence-electron chi connectivity index (χ2n) is 6.61. The van der Waals surface area contributed by atoms with Crippen LogP contribution in [0.15, 0.2) is 89.8 Å². The fraction of sp³-hybridized carbons (Fsp3) is 0. The predicted octanol–water partition coefficient (Wildman–Crippen LogP) is 5.04. The number of amidine groups is 1. The number of amides is 1. The summed E-state index contributed by atoms with van der Waals surface area (Å²) >= 11 is 6.09. The van der Waals surface area contributed by atoms with Gasteiger partial charge in [-0.2, -0.15) is 4.99 Å². The lowest BCUT2D eigenvalue weighted by Gasteiger charge is -2.17. The standard InChI is InChI=1S/C23H15ClN4O2/c24-16-12-19-15(13-25-21(19)26-14-16)11-20-22(29)28(17-7-3-1-4-8-17)23(27-20)30-18-9-5-2-6-10-18/h1-14H,(H,25,26). The molecular weight excluding hydrogens is 400 g/mol. The number of nitrogens with zero attached hydrogens (tertiary/aromatic N) is 3. The van der Waals surface area contributed by atoms with Crippen molar-refractivity contribution in [2.75, 3.05) is 4.90 Å². The van der Waals surface area contributed by atoms with E-state index in [2.05, 4.69) is 15.0 Å². The molecule has 0 saturated carbocycles. The Bertz CT molecular complexity index is 1300. The molecule has 1 aliphatic heterocycles. The molecule has 1 aliphatic rings. The molecule has 3 heterocycles. The van der Waals surface area contributed by atoms with Gasteiger partial charge in [0.25, 0.3) is 5.91 Å². The lowest BCUT2D eigenvalue weighted by molar-refractivity contribution is -0.113. The van der Waals surface area contributed by atoms with Gasteiger partial charge in [0.2, 0.25) is 0 Å². The number of halogens is 1. The van der Waals surface area contributed by atoms with Gasteiger partial charge in [0.1, 0.15) is 17.1 Å². The van der Waals surface area contributed by atoms with Crippen LogP contribution in [0.1, 0.15) is 5.56 Å². The van der Waals surface area contributed by atoms with E-state index in [1.807, 2.05) is 60.7 Å². The highest BCUT2D eigenvalue weighted by molar-refractivity contribution is 6.31. The summed E-state index contributed by atoms with van der Waals surface area (Å²) in [7, 11) is 0. The Balaban J connectivity index is 1.58. The minimum absolute atomic E-state index is 0.194. The molecule has 0 bridgehead atoms. The number of hydrogen-bond donors (Lipinski definition) is 1. The molecule has 30 heavy (non-hydrogen) atoms. The van der Waals surface area contributed by atoms with E-state index in [0.717, 1.165) is 10.9 Å². The molecule has 0 atom stereocenters. The second kappa shape index (κ2) is 7.50. The normalized spacial score (nSPS) is 15.1. The average Bonchev–Trinajstić information content (AvgIpc) is 3.30. The molecule has 7 heteroatoms. The number of nitrogens with one attached hydrogen (secondary N) is 1. The maximum atomic E-state index is 13.2. The number of carbonyl (C=O) groups excluding carboxylic acids is 1. The van der Waals surface area contributed by atoms with Crippen LogP contribution >= 0.6 is 11.6 Å². The van der Waals surface area contributed by atoms with Crippen LogP contribution in [0.5, 0.6) is 5.75 Å². The van der Waals surface area contributed by atoms with Crippen LogP contribution in [0.3, 0.4) is 0 Å². The van der Waals surface area contributed by atoms with Crippen LogP contribution in [0, 0.1) is 0 Å². The third kappa shape index (κ3) is 3.33. The number of pyridine rings is 1. The fourth-order valence-electron chi connectivity index (χ4n) is 3.23. The van der Waals surface area contributed by atoms with Crippen LogP contribution in [0.2, 0.25) is 5.02 Å². The average molecular weight is 415 g/mol. The predicted molar refractivity (Wildman–Crippen MR) is 118 cm³/mol.